The van der Waals surface area contributed by atoms with Crippen molar-refractivity contribution < 1.29 is 19.1 Å². The highest BCUT2D eigenvalue weighted by atomic mass is 35.5. The van der Waals surface area contributed by atoms with Crippen LogP contribution < -0.4 is 10.2 Å². The van der Waals surface area contributed by atoms with Gasteiger partial charge in [-0.2, -0.15) is 0 Å². The van der Waals surface area contributed by atoms with Gasteiger partial charge < -0.3 is 24.7 Å². The Morgan fingerprint density at radius 3 is 2.77 bits per heavy atom. The smallest absolute Gasteiger partial charge is 0.338 e. The third-order valence-electron chi connectivity index (χ3n) is 5.47. The van der Waals surface area contributed by atoms with Crippen molar-refractivity contribution in [1.29, 1.82) is 0 Å². The van der Waals surface area contributed by atoms with Gasteiger partial charge in [0.15, 0.2) is 11.0 Å². The number of methoxy groups -OCH3 is 2. The maximum absolute atomic E-state index is 12.6. The number of hydrogen-bond acceptors (Lipinski definition) is 6. The highest BCUT2D eigenvalue weighted by Gasteiger charge is 2.32. The number of imidazole rings is 1. The number of nitrogens with zero attached hydrogens (tertiary/aromatic N) is 2. The second kappa shape index (κ2) is 9.49. The van der Waals surface area contributed by atoms with Gasteiger partial charge in [-0.05, 0) is 37.5 Å². The number of aryl methyl sites for hydroxylation is 2. The quantitative estimate of drug-likeness (QED) is 0.678. The second-order valence-corrected chi connectivity index (χ2v) is 7.65. The summed E-state index contributed by atoms with van der Waals surface area (Å²) in [6, 6.07) is 5.55. The second-order valence-electron chi connectivity index (χ2n) is 7.29. The molecule has 9 heteroatoms. The van der Waals surface area contributed by atoms with Crippen molar-refractivity contribution in [2.45, 2.75) is 38.8 Å². The van der Waals surface area contributed by atoms with Gasteiger partial charge in [0.05, 0.1) is 30.5 Å². The van der Waals surface area contributed by atoms with Crippen LogP contribution in [0.1, 0.15) is 45.6 Å². The molecule has 1 aliphatic heterocycles. The molecule has 0 radical (unpaired) electrons. The molecule has 2 heterocycles. The van der Waals surface area contributed by atoms with Gasteiger partial charge >= 0.3 is 5.97 Å². The first-order valence-corrected chi connectivity index (χ1v) is 10.3. The topological polar surface area (TPSA) is 96.6 Å². The lowest BCUT2D eigenvalue weighted by molar-refractivity contribution is 0.0537. The molecule has 1 saturated heterocycles. The van der Waals surface area contributed by atoms with Gasteiger partial charge in [-0.1, -0.05) is 24.6 Å². The number of benzene rings is 1. The van der Waals surface area contributed by atoms with Gasteiger partial charge in [0.25, 0.3) is 5.91 Å². The van der Waals surface area contributed by atoms with Crippen molar-refractivity contribution in [3.63, 3.8) is 0 Å². The van der Waals surface area contributed by atoms with Gasteiger partial charge in [-0.25, -0.2) is 9.78 Å². The van der Waals surface area contributed by atoms with E-state index in [1.807, 2.05) is 32.0 Å². The molecule has 1 aromatic heterocycles. The van der Waals surface area contributed by atoms with Gasteiger partial charge in [-0.15, -0.1) is 0 Å². The molecule has 0 aliphatic carbocycles. The Kier molecular flexibility index (Phi) is 6.99. The third kappa shape index (κ3) is 4.60. The minimum atomic E-state index is -0.358. The zero-order valence-corrected chi connectivity index (χ0v) is 18.4. The average Bonchev–Trinajstić information content (AvgIpc) is 3.14. The zero-order chi connectivity index (χ0) is 21.8. The first kappa shape index (κ1) is 22.1. The molecule has 1 amide bonds. The number of piperidine rings is 1. The molecular weight excluding hydrogens is 408 g/mol. The third-order valence-corrected chi connectivity index (χ3v) is 5.78. The molecular formula is C21H27ClN4O4. The van der Waals surface area contributed by atoms with Crippen LogP contribution in [0.2, 0.25) is 5.15 Å². The number of aromatic amines is 1. The number of esters is 1. The first-order valence-electron chi connectivity index (χ1n) is 9.89. The van der Waals surface area contributed by atoms with E-state index < -0.39 is 0 Å². The average molecular weight is 435 g/mol. The van der Waals surface area contributed by atoms with E-state index in [9.17, 15) is 9.59 Å². The number of nitrogens with one attached hydrogen (secondary N) is 2. The molecule has 3 rings (SSSR count). The molecule has 30 heavy (non-hydrogen) atoms. The predicted octanol–water partition coefficient (Wildman–Crippen LogP) is 2.74. The predicted molar refractivity (Wildman–Crippen MR) is 114 cm³/mol. The van der Waals surface area contributed by atoms with Gasteiger partial charge in [0.1, 0.15) is 0 Å². The molecule has 0 bridgehead atoms. The van der Waals surface area contributed by atoms with Crippen LogP contribution in [0.25, 0.3) is 0 Å². The normalized spacial score (nSPS) is 18.9. The maximum Gasteiger partial charge on any atom is 0.338 e. The van der Waals surface area contributed by atoms with Crippen LogP contribution in [0.15, 0.2) is 18.2 Å². The highest BCUT2D eigenvalue weighted by molar-refractivity contribution is 6.30. The molecule has 1 aromatic carbocycles. The number of amides is 1. The summed E-state index contributed by atoms with van der Waals surface area (Å²) in [5.74, 6) is -0.459. The SMILES string of the molecule is CCc1[nH]c(C(=O)NC2CCN(c3ccc(C)c(C(=O)OC)c3)CC2OC)nc1Cl. The van der Waals surface area contributed by atoms with Crippen molar-refractivity contribution in [3.8, 4) is 0 Å². The van der Waals surface area contributed by atoms with Gasteiger partial charge in [-0.3, -0.25) is 4.79 Å². The Morgan fingerprint density at radius 1 is 1.37 bits per heavy atom. The van der Waals surface area contributed by atoms with Crippen molar-refractivity contribution in [2.75, 3.05) is 32.2 Å². The number of anilines is 1. The van der Waals surface area contributed by atoms with E-state index in [0.29, 0.717) is 36.6 Å². The molecule has 2 atom stereocenters. The summed E-state index contributed by atoms with van der Waals surface area (Å²) >= 11 is 6.04. The van der Waals surface area contributed by atoms with E-state index in [-0.39, 0.29) is 29.8 Å². The summed E-state index contributed by atoms with van der Waals surface area (Å²) in [6.07, 6.45) is 1.13. The molecule has 2 N–H and O–H groups in total. The van der Waals surface area contributed by atoms with Crippen LogP contribution in [0, 0.1) is 6.92 Å². The fourth-order valence-electron chi connectivity index (χ4n) is 3.66. The number of aromatic nitrogens is 2. The summed E-state index contributed by atoms with van der Waals surface area (Å²) < 4.78 is 10.5. The maximum atomic E-state index is 12.6. The van der Waals surface area contributed by atoms with Crippen LogP contribution in [0.3, 0.4) is 0 Å². The van der Waals surface area contributed by atoms with E-state index >= 15 is 0 Å². The minimum Gasteiger partial charge on any atom is -0.465 e. The lowest BCUT2D eigenvalue weighted by atomic mass is 9.99. The molecule has 2 unspecified atom stereocenters. The largest absolute Gasteiger partial charge is 0.465 e. The standard InChI is InChI=1S/C21H27ClN4O4/c1-5-15-18(22)25-19(23-15)20(27)24-16-8-9-26(11-17(16)29-3)13-7-6-12(2)14(10-13)21(28)30-4/h6-7,10,16-17H,5,8-9,11H2,1-4H3,(H,23,25)(H,24,27). The monoisotopic (exact) mass is 434 g/mol. The van der Waals surface area contributed by atoms with Crippen LogP contribution in [0.4, 0.5) is 5.69 Å². The summed E-state index contributed by atoms with van der Waals surface area (Å²) in [5.41, 5.74) is 3.05. The van der Waals surface area contributed by atoms with Gasteiger partial charge in [0.2, 0.25) is 0 Å². The Labute approximate surface area is 180 Å². The van der Waals surface area contributed by atoms with Crippen LogP contribution in [0.5, 0.6) is 0 Å². The fraction of sp³-hybridized carbons (Fsp3) is 0.476. The van der Waals surface area contributed by atoms with Crippen LogP contribution in [-0.2, 0) is 15.9 Å². The van der Waals surface area contributed by atoms with Crippen LogP contribution >= 0.6 is 11.6 Å². The Morgan fingerprint density at radius 2 is 2.13 bits per heavy atom. The van der Waals surface area contributed by atoms with Crippen molar-refractivity contribution in [1.82, 2.24) is 15.3 Å². The number of carbonyl (C=O) groups is 2. The Bertz CT molecular complexity index is 930. The number of halogens is 1. The van der Waals surface area contributed by atoms with E-state index in [1.165, 1.54) is 7.11 Å². The molecule has 0 saturated carbocycles. The Hall–Kier alpha value is -2.58. The molecule has 0 spiro atoms. The number of carbonyl (C=O) groups excluding carboxylic acids is 2. The summed E-state index contributed by atoms with van der Waals surface area (Å²) in [7, 11) is 3.00. The van der Waals surface area contributed by atoms with Gasteiger partial charge in [0, 0.05) is 25.9 Å². The molecule has 162 valence electrons. The van der Waals surface area contributed by atoms with E-state index in [1.54, 1.807) is 7.11 Å². The molecule has 8 nitrogen and oxygen atoms in total. The van der Waals surface area contributed by atoms with Crippen molar-refractivity contribution >= 4 is 29.2 Å². The zero-order valence-electron chi connectivity index (χ0n) is 17.6. The number of ether oxygens (including phenoxy) is 2. The first-order chi connectivity index (χ1) is 14.4. The van der Waals surface area contributed by atoms with E-state index in [2.05, 4.69) is 20.2 Å². The molecule has 1 fully saturated rings. The minimum absolute atomic E-state index is 0.168. The fourth-order valence-corrected chi connectivity index (χ4v) is 3.92. The molecule has 2 aromatic rings. The van der Waals surface area contributed by atoms with E-state index in [0.717, 1.165) is 16.9 Å². The van der Waals surface area contributed by atoms with E-state index in [4.69, 9.17) is 21.1 Å². The number of hydrogen-bond donors (Lipinski definition) is 2. The lowest BCUT2D eigenvalue weighted by Crippen LogP contribution is -2.55. The molecule has 1 aliphatic rings. The highest BCUT2D eigenvalue weighted by Crippen LogP contribution is 2.25. The lowest BCUT2D eigenvalue weighted by Gasteiger charge is -2.39. The van der Waals surface area contributed by atoms with Crippen molar-refractivity contribution in [3.05, 3.63) is 46.0 Å². The number of H-pyrrole nitrogens is 1. The number of rotatable bonds is 6. The summed E-state index contributed by atoms with van der Waals surface area (Å²) in [5, 5.41) is 3.32. The van der Waals surface area contributed by atoms with Crippen molar-refractivity contribution in [2.24, 2.45) is 0 Å². The Balaban J connectivity index is 1.70. The summed E-state index contributed by atoms with van der Waals surface area (Å²) in [6.45, 7) is 5.09. The van der Waals surface area contributed by atoms with Crippen LogP contribution in [-0.4, -0.2) is 61.3 Å². The summed E-state index contributed by atoms with van der Waals surface area (Å²) in [4.78, 5) is 33.8.